The van der Waals surface area contributed by atoms with Gasteiger partial charge < -0.3 is 15.2 Å². The smallest absolute Gasteiger partial charge is 0.283 e. The fourth-order valence-corrected chi connectivity index (χ4v) is 4.53. The number of aromatic nitrogens is 3. The third kappa shape index (κ3) is 3.45. The van der Waals surface area contributed by atoms with Gasteiger partial charge in [-0.05, 0) is 35.9 Å². The summed E-state index contributed by atoms with van der Waals surface area (Å²) in [6.45, 7) is 0.211. The molecule has 0 aliphatic carbocycles. The predicted molar refractivity (Wildman–Crippen MR) is 120 cm³/mol. The lowest BCUT2D eigenvalue weighted by atomic mass is 9.77. The second-order valence-electron chi connectivity index (χ2n) is 8.16. The van der Waals surface area contributed by atoms with E-state index in [9.17, 15) is 8.78 Å². The zero-order valence-electron chi connectivity index (χ0n) is 18.0. The Bertz CT molecular complexity index is 1530. The van der Waals surface area contributed by atoms with Crippen LogP contribution in [0.5, 0.6) is 11.5 Å². The lowest BCUT2D eigenvalue weighted by Gasteiger charge is -2.39. The molecule has 5 heterocycles. The maximum absolute atomic E-state index is 15.3. The number of nitrogens with two attached hydrogens (primary N) is 1. The molecule has 0 bridgehead atoms. The van der Waals surface area contributed by atoms with Crippen LogP contribution in [0.1, 0.15) is 17.5 Å². The molecule has 1 atom stereocenters. The Balaban J connectivity index is 1.60. The van der Waals surface area contributed by atoms with Gasteiger partial charge in [-0.1, -0.05) is 6.07 Å². The summed E-state index contributed by atoms with van der Waals surface area (Å²) >= 11 is 0. The van der Waals surface area contributed by atoms with Gasteiger partial charge in [0.25, 0.3) is 12.0 Å². The molecule has 0 saturated heterocycles. The number of hydrogen-bond acceptors (Lipinski definition) is 7. The summed E-state index contributed by atoms with van der Waals surface area (Å²) in [6.07, 6.45) is 4.24. The molecule has 4 aromatic rings. The Kier molecular flexibility index (Phi) is 4.70. The number of halogens is 3. The van der Waals surface area contributed by atoms with Gasteiger partial charge in [-0.15, -0.1) is 0 Å². The van der Waals surface area contributed by atoms with E-state index >= 15 is 4.39 Å². The normalized spacial score (nSPS) is 18.2. The van der Waals surface area contributed by atoms with Crippen LogP contribution in [0, 0.1) is 17.7 Å². The monoisotopic (exact) mass is 475 g/mol. The number of amidine groups is 1. The van der Waals surface area contributed by atoms with Gasteiger partial charge in [0.05, 0.1) is 18.5 Å². The van der Waals surface area contributed by atoms with Gasteiger partial charge >= 0.3 is 0 Å². The minimum Gasteiger partial charge on any atom is -0.465 e. The Morgan fingerprint density at radius 2 is 1.80 bits per heavy atom. The molecule has 0 unspecified atom stereocenters. The van der Waals surface area contributed by atoms with Crippen molar-refractivity contribution in [2.75, 3.05) is 6.61 Å². The molecule has 0 radical (unpaired) electrons. The maximum atomic E-state index is 15.3. The van der Waals surface area contributed by atoms with Crippen molar-refractivity contribution < 1.29 is 22.6 Å². The second-order valence-corrected chi connectivity index (χ2v) is 8.16. The highest BCUT2D eigenvalue weighted by Gasteiger charge is 2.46. The highest BCUT2D eigenvalue weighted by atomic mass is 19.1. The van der Waals surface area contributed by atoms with E-state index in [0.717, 1.165) is 12.3 Å². The highest BCUT2D eigenvalue weighted by molar-refractivity contribution is 5.77. The van der Waals surface area contributed by atoms with Crippen LogP contribution in [0.4, 0.5) is 13.2 Å². The number of hydrogen-bond donors (Lipinski definition) is 1. The third-order valence-corrected chi connectivity index (χ3v) is 6.09. The summed E-state index contributed by atoms with van der Waals surface area (Å²) in [7, 11) is 0. The van der Waals surface area contributed by atoms with Crippen molar-refractivity contribution >= 4 is 6.02 Å². The van der Waals surface area contributed by atoms with Gasteiger partial charge in [0, 0.05) is 47.1 Å². The number of aliphatic imine (C=N–C) groups is 1. The van der Waals surface area contributed by atoms with Crippen molar-refractivity contribution in [3.63, 3.8) is 0 Å². The van der Waals surface area contributed by atoms with Crippen LogP contribution in [-0.4, -0.2) is 27.6 Å². The first-order valence-corrected chi connectivity index (χ1v) is 10.7. The van der Waals surface area contributed by atoms with E-state index in [4.69, 9.17) is 15.2 Å². The topological polar surface area (TPSA) is 95.5 Å². The largest absolute Gasteiger partial charge is 0.465 e. The Morgan fingerprint density at radius 3 is 2.60 bits per heavy atom. The summed E-state index contributed by atoms with van der Waals surface area (Å²) in [6, 6.07) is 10.8. The number of benzene rings is 1. The SMILES string of the molecule is NC1=N[C@@]2(CCO1)c1cc(-c3cncc(F)c3)ccc1Oc1c2cc(-c2ccnc(F)c2)nc1F. The van der Waals surface area contributed by atoms with Gasteiger partial charge in [-0.25, -0.2) is 19.4 Å². The van der Waals surface area contributed by atoms with Crippen LogP contribution in [-0.2, 0) is 10.3 Å². The molecular formula is C25H16F3N5O2. The first-order valence-electron chi connectivity index (χ1n) is 10.7. The molecule has 0 amide bonds. The van der Waals surface area contributed by atoms with Crippen LogP contribution in [0.2, 0.25) is 0 Å². The van der Waals surface area contributed by atoms with Crippen LogP contribution >= 0.6 is 0 Å². The summed E-state index contributed by atoms with van der Waals surface area (Å²) in [5, 5.41) is 0. The van der Waals surface area contributed by atoms with Gasteiger partial charge in [-0.3, -0.25) is 4.98 Å². The molecule has 174 valence electrons. The summed E-state index contributed by atoms with van der Waals surface area (Å²) < 4.78 is 54.3. The third-order valence-electron chi connectivity index (χ3n) is 6.09. The number of nitrogens with zero attached hydrogens (tertiary/aromatic N) is 4. The highest BCUT2D eigenvalue weighted by Crippen LogP contribution is 2.53. The van der Waals surface area contributed by atoms with E-state index in [1.807, 2.05) is 0 Å². The quantitative estimate of drug-likeness (QED) is 0.422. The Labute approximate surface area is 197 Å². The van der Waals surface area contributed by atoms with E-state index in [2.05, 4.69) is 19.9 Å². The molecule has 10 heteroatoms. The molecule has 0 fully saturated rings. The molecule has 2 aliphatic rings. The first-order chi connectivity index (χ1) is 16.9. The van der Waals surface area contributed by atoms with E-state index in [-0.39, 0.29) is 24.1 Å². The fraction of sp³-hybridized carbons (Fsp3) is 0.120. The number of fused-ring (bicyclic) bond motifs is 4. The molecule has 3 aromatic heterocycles. The van der Waals surface area contributed by atoms with Crippen molar-refractivity contribution in [2.24, 2.45) is 10.7 Å². The molecule has 0 saturated carbocycles. The second kappa shape index (κ2) is 7.79. The molecule has 6 rings (SSSR count). The average molecular weight is 475 g/mol. The Hall–Kier alpha value is -4.47. The molecule has 1 aromatic carbocycles. The van der Waals surface area contributed by atoms with E-state index in [1.165, 1.54) is 24.5 Å². The van der Waals surface area contributed by atoms with E-state index in [1.54, 1.807) is 24.3 Å². The van der Waals surface area contributed by atoms with E-state index < -0.39 is 23.3 Å². The van der Waals surface area contributed by atoms with Crippen molar-refractivity contribution in [1.82, 2.24) is 15.0 Å². The lowest BCUT2D eigenvalue weighted by molar-refractivity contribution is 0.217. The Morgan fingerprint density at radius 1 is 0.914 bits per heavy atom. The molecule has 35 heavy (non-hydrogen) atoms. The molecule has 2 aliphatic heterocycles. The van der Waals surface area contributed by atoms with Gasteiger partial charge in [-0.2, -0.15) is 8.78 Å². The number of rotatable bonds is 2. The van der Waals surface area contributed by atoms with Crippen molar-refractivity contribution in [2.45, 2.75) is 12.0 Å². The van der Waals surface area contributed by atoms with Crippen molar-refractivity contribution in [3.8, 4) is 33.9 Å². The van der Waals surface area contributed by atoms with Gasteiger partial charge in [0.2, 0.25) is 5.95 Å². The summed E-state index contributed by atoms with van der Waals surface area (Å²) in [5.74, 6) is -1.83. The molecule has 1 spiro atoms. The van der Waals surface area contributed by atoms with E-state index in [0.29, 0.717) is 40.0 Å². The number of pyridine rings is 3. The van der Waals surface area contributed by atoms with Gasteiger partial charge in [0.15, 0.2) is 5.75 Å². The standard InChI is InChI=1S/C25H16F3N5O2/c26-16-7-15(11-30-12-16)13-1-2-20-17(8-13)25(4-6-34-24(29)33-25)18-10-19(32-23(28)22(18)35-20)14-3-5-31-21(27)9-14/h1-3,5,7-12H,4,6H2,(H2,29,33)/t25-/m0/s1. The van der Waals surface area contributed by atoms with Crippen LogP contribution in [0.3, 0.4) is 0 Å². The van der Waals surface area contributed by atoms with Gasteiger partial charge in [0.1, 0.15) is 17.1 Å². The summed E-state index contributed by atoms with van der Waals surface area (Å²) in [4.78, 5) is 16.1. The average Bonchev–Trinajstić information content (AvgIpc) is 2.85. The van der Waals surface area contributed by atoms with Crippen LogP contribution in [0.15, 0.2) is 66.0 Å². The maximum Gasteiger partial charge on any atom is 0.283 e. The molecule has 7 nitrogen and oxygen atoms in total. The summed E-state index contributed by atoms with van der Waals surface area (Å²) in [5.41, 5.74) is 7.50. The lowest BCUT2D eigenvalue weighted by Crippen LogP contribution is -2.39. The number of ether oxygens (including phenoxy) is 2. The molecular weight excluding hydrogens is 459 g/mol. The fourth-order valence-electron chi connectivity index (χ4n) is 4.53. The zero-order valence-corrected chi connectivity index (χ0v) is 18.0. The van der Waals surface area contributed by atoms with Crippen molar-refractivity contribution in [1.29, 1.82) is 0 Å². The minimum absolute atomic E-state index is 0.0680. The first kappa shape index (κ1) is 21.1. The minimum atomic E-state index is -1.17. The van der Waals surface area contributed by atoms with Crippen LogP contribution in [0.25, 0.3) is 22.4 Å². The van der Waals surface area contributed by atoms with Crippen LogP contribution < -0.4 is 10.5 Å². The predicted octanol–water partition coefficient (Wildman–Crippen LogP) is 4.71. The zero-order chi connectivity index (χ0) is 24.2. The van der Waals surface area contributed by atoms with Crippen molar-refractivity contribution in [3.05, 3.63) is 89.9 Å². The molecule has 2 N–H and O–H groups in total.